The van der Waals surface area contributed by atoms with Crippen LogP contribution in [0.1, 0.15) is 11.1 Å². The van der Waals surface area contributed by atoms with Crippen molar-refractivity contribution in [2.75, 3.05) is 32.8 Å². The van der Waals surface area contributed by atoms with Crippen LogP contribution in [0.25, 0.3) is 0 Å². The molecule has 0 unspecified atom stereocenters. The van der Waals surface area contributed by atoms with Gasteiger partial charge in [0.05, 0.1) is 19.4 Å². The Bertz CT molecular complexity index is 757. The van der Waals surface area contributed by atoms with Gasteiger partial charge in [-0.15, -0.1) is 0 Å². The first-order chi connectivity index (χ1) is 13.2. The van der Waals surface area contributed by atoms with Crippen LogP contribution in [-0.2, 0) is 16.1 Å². The van der Waals surface area contributed by atoms with Gasteiger partial charge in [-0.3, -0.25) is 4.79 Å². The molecule has 1 aliphatic rings. The summed E-state index contributed by atoms with van der Waals surface area (Å²) in [6.45, 7) is 4.08. The minimum Gasteiger partial charge on any atom is -0.489 e. The highest BCUT2D eigenvalue weighted by atomic mass is 79.9. The lowest BCUT2D eigenvalue weighted by Gasteiger charge is -2.22. The first-order valence-electron chi connectivity index (χ1n) is 8.89. The van der Waals surface area contributed by atoms with Crippen LogP contribution >= 0.6 is 15.9 Å². The minimum absolute atomic E-state index is 0.0856. The van der Waals surface area contributed by atoms with Crippen LogP contribution in [0.15, 0.2) is 58.1 Å². The average Bonchev–Trinajstić information content (AvgIpc) is 2.69. The Hall–Kier alpha value is -2.22. The van der Waals surface area contributed by atoms with Gasteiger partial charge in [-0.2, -0.15) is 5.10 Å². The summed E-state index contributed by atoms with van der Waals surface area (Å²) in [7, 11) is 0. The number of nitrogens with one attached hydrogen (secondary N) is 2. The number of nitrogens with zero attached hydrogens (tertiary/aromatic N) is 1. The largest absolute Gasteiger partial charge is 0.489 e. The molecule has 2 N–H and O–H groups in total. The summed E-state index contributed by atoms with van der Waals surface area (Å²) >= 11 is 3.42. The van der Waals surface area contributed by atoms with Crippen LogP contribution in [0, 0.1) is 0 Å². The Morgan fingerprint density at radius 1 is 1.15 bits per heavy atom. The maximum absolute atomic E-state index is 11.9. The van der Waals surface area contributed by atoms with Gasteiger partial charge in [-0.1, -0.05) is 28.1 Å². The highest BCUT2D eigenvalue weighted by molar-refractivity contribution is 9.10. The van der Waals surface area contributed by atoms with Crippen molar-refractivity contribution in [1.29, 1.82) is 0 Å². The quantitative estimate of drug-likeness (QED) is 0.513. The van der Waals surface area contributed by atoms with Crippen molar-refractivity contribution in [3.63, 3.8) is 0 Å². The highest BCUT2D eigenvalue weighted by Gasteiger charge is 2.16. The summed E-state index contributed by atoms with van der Waals surface area (Å²) in [5.74, 6) is 0.702. The van der Waals surface area contributed by atoms with E-state index in [1.54, 1.807) is 6.21 Å². The maximum Gasteiger partial charge on any atom is 0.295 e. The van der Waals surface area contributed by atoms with E-state index in [9.17, 15) is 4.79 Å². The van der Waals surface area contributed by atoms with Crippen LogP contribution in [0.5, 0.6) is 5.75 Å². The molecular formula is C20H23BrN3O3+. The fourth-order valence-corrected chi connectivity index (χ4v) is 2.94. The number of ether oxygens (including phenoxy) is 2. The van der Waals surface area contributed by atoms with Gasteiger partial charge in [0.25, 0.3) is 5.91 Å². The number of amides is 1. The summed E-state index contributed by atoms with van der Waals surface area (Å²) in [6, 6.07) is 15.6. The molecule has 6 nitrogen and oxygen atoms in total. The molecule has 0 spiro atoms. The van der Waals surface area contributed by atoms with Gasteiger partial charge in [0, 0.05) is 4.47 Å². The molecule has 1 saturated heterocycles. The fraction of sp³-hybridized carbons (Fsp3) is 0.300. The third-order valence-corrected chi connectivity index (χ3v) is 4.74. The number of morpholine rings is 1. The second-order valence-corrected chi connectivity index (χ2v) is 7.23. The number of rotatable bonds is 7. The molecule has 0 radical (unpaired) electrons. The van der Waals surface area contributed by atoms with Crippen molar-refractivity contribution in [3.05, 3.63) is 64.1 Å². The van der Waals surface area contributed by atoms with Gasteiger partial charge < -0.3 is 14.4 Å². The van der Waals surface area contributed by atoms with Crippen molar-refractivity contribution in [2.24, 2.45) is 5.10 Å². The first kappa shape index (κ1) is 19.5. The Balaban J connectivity index is 1.42. The topological polar surface area (TPSA) is 64.4 Å². The second-order valence-electron chi connectivity index (χ2n) is 6.32. The Morgan fingerprint density at radius 2 is 1.85 bits per heavy atom. The van der Waals surface area contributed by atoms with E-state index in [-0.39, 0.29) is 5.91 Å². The Labute approximate surface area is 167 Å². The van der Waals surface area contributed by atoms with E-state index in [1.165, 1.54) is 4.90 Å². The normalized spacial score (nSPS) is 15.0. The number of hydrazone groups is 1. The second kappa shape index (κ2) is 10.2. The standard InChI is InChI=1S/C20H22BrN3O3/c21-18-5-1-17(2-6-18)15-27-19-7-3-16(4-8-19)13-22-23-20(25)14-24-9-11-26-12-10-24/h1-8,13H,9-12,14-15H2,(H,23,25)/p+1. The molecular weight excluding hydrogens is 410 g/mol. The zero-order valence-corrected chi connectivity index (χ0v) is 16.6. The summed E-state index contributed by atoms with van der Waals surface area (Å²) in [5.41, 5.74) is 4.58. The molecule has 0 saturated carbocycles. The molecule has 142 valence electrons. The van der Waals surface area contributed by atoms with Crippen LogP contribution in [0.2, 0.25) is 0 Å². The predicted molar refractivity (Wildman–Crippen MR) is 107 cm³/mol. The smallest absolute Gasteiger partial charge is 0.295 e. The molecule has 1 fully saturated rings. The molecule has 1 amide bonds. The van der Waals surface area contributed by atoms with E-state index in [2.05, 4.69) is 26.5 Å². The maximum atomic E-state index is 11.9. The zero-order chi connectivity index (χ0) is 18.9. The molecule has 2 aromatic rings. The van der Waals surface area contributed by atoms with Gasteiger partial charge in [0.2, 0.25) is 0 Å². The molecule has 0 aromatic heterocycles. The number of hydrogen-bond acceptors (Lipinski definition) is 4. The van der Waals surface area contributed by atoms with Gasteiger partial charge in [-0.25, -0.2) is 5.43 Å². The number of carbonyl (C=O) groups is 1. The third kappa shape index (κ3) is 6.78. The molecule has 3 rings (SSSR count). The van der Waals surface area contributed by atoms with Crippen LogP contribution in [-0.4, -0.2) is 45.0 Å². The molecule has 2 aromatic carbocycles. The SMILES string of the molecule is O=C(C[NH+]1CCOCC1)NN=Cc1ccc(OCc2ccc(Br)cc2)cc1. The number of quaternary nitrogens is 1. The molecule has 7 heteroatoms. The van der Waals surface area contributed by atoms with E-state index in [1.807, 2.05) is 48.5 Å². The molecule has 1 aliphatic heterocycles. The Kier molecular flexibility index (Phi) is 7.38. The van der Waals surface area contributed by atoms with E-state index < -0.39 is 0 Å². The van der Waals surface area contributed by atoms with E-state index in [4.69, 9.17) is 9.47 Å². The number of carbonyl (C=O) groups excluding carboxylic acids is 1. The summed E-state index contributed by atoms with van der Waals surface area (Å²) in [6.07, 6.45) is 1.63. The number of benzene rings is 2. The van der Waals surface area contributed by atoms with Crippen molar-refractivity contribution < 1.29 is 19.2 Å². The number of halogens is 1. The summed E-state index contributed by atoms with van der Waals surface area (Å²) in [5, 5.41) is 4.02. The summed E-state index contributed by atoms with van der Waals surface area (Å²) in [4.78, 5) is 13.1. The van der Waals surface area contributed by atoms with E-state index in [0.29, 0.717) is 26.4 Å². The van der Waals surface area contributed by atoms with Crippen molar-refractivity contribution in [1.82, 2.24) is 5.43 Å². The monoisotopic (exact) mass is 432 g/mol. The predicted octanol–water partition coefficient (Wildman–Crippen LogP) is 1.39. The Morgan fingerprint density at radius 3 is 2.56 bits per heavy atom. The van der Waals surface area contributed by atoms with Gasteiger partial charge in [0.15, 0.2) is 6.54 Å². The van der Waals surface area contributed by atoms with Crippen molar-refractivity contribution in [3.8, 4) is 5.75 Å². The fourth-order valence-electron chi connectivity index (χ4n) is 2.68. The third-order valence-electron chi connectivity index (χ3n) is 4.21. The zero-order valence-electron chi connectivity index (χ0n) is 15.0. The first-order valence-corrected chi connectivity index (χ1v) is 9.69. The van der Waals surface area contributed by atoms with E-state index >= 15 is 0 Å². The lowest BCUT2D eigenvalue weighted by atomic mass is 10.2. The van der Waals surface area contributed by atoms with Crippen molar-refractivity contribution >= 4 is 28.1 Å². The van der Waals surface area contributed by atoms with Crippen molar-refractivity contribution in [2.45, 2.75) is 6.61 Å². The van der Waals surface area contributed by atoms with Gasteiger partial charge >= 0.3 is 0 Å². The molecule has 0 bridgehead atoms. The van der Waals surface area contributed by atoms with Gasteiger partial charge in [0.1, 0.15) is 25.4 Å². The molecule has 0 aliphatic carbocycles. The summed E-state index contributed by atoms with van der Waals surface area (Å²) < 4.78 is 12.1. The minimum atomic E-state index is -0.0856. The lowest BCUT2D eigenvalue weighted by molar-refractivity contribution is -0.900. The van der Waals surface area contributed by atoms with Crippen LogP contribution < -0.4 is 15.1 Å². The highest BCUT2D eigenvalue weighted by Crippen LogP contribution is 2.15. The molecule has 1 heterocycles. The number of hydrogen-bond donors (Lipinski definition) is 2. The van der Waals surface area contributed by atoms with E-state index in [0.717, 1.165) is 34.4 Å². The molecule has 0 atom stereocenters. The van der Waals surface area contributed by atoms with Gasteiger partial charge in [-0.05, 0) is 47.5 Å². The molecule has 27 heavy (non-hydrogen) atoms. The van der Waals surface area contributed by atoms with Crippen LogP contribution in [0.3, 0.4) is 0 Å². The lowest BCUT2D eigenvalue weighted by Crippen LogP contribution is -3.15. The average molecular weight is 433 g/mol. The van der Waals surface area contributed by atoms with Crippen LogP contribution in [0.4, 0.5) is 0 Å².